The molecular weight excluding hydrogens is 539 g/mol. The summed E-state index contributed by atoms with van der Waals surface area (Å²) < 4.78 is 57.4. The van der Waals surface area contributed by atoms with Gasteiger partial charge in [-0.3, -0.25) is 4.79 Å². The molecule has 8 nitrogen and oxygen atoms in total. The molecule has 0 bridgehead atoms. The van der Waals surface area contributed by atoms with Crippen molar-refractivity contribution in [2.75, 3.05) is 12.4 Å². The van der Waals surface area contributed by atoms with Gasteiger partial charge in [0.25, 0.3) is 0 Å². The lowest BCUT2D eigenvalue weighted by atomic mass is 9.89. The van der Waals surface area contributed by atoms with Gasteiger partial charge in [-0.25, -0.2) is 4.98 Å². The Morgan fingerprint density at radius 1 is 1.18 bits per heavy atom. The van der Waals surface area contributed by atoms with E-state index in [0.717, 1.165) is 6.07 Å². The molecule has 1 saturated carbocycles. The molecule has 1 aromatic heterocycles. The number of halogens is 4. The molecule has 216 valence electrons. The van der Waals surface area contributed by atoms with Crippen molar-refractivity contribution >= 4 is 34.1 Å². The molecule has 1 saturated heterocycles. The van der Waals surface area contributed by atoms with E-state index >= 15 is 0 Å². The summed E-state index contributed by atoms with van der Waals surface area (Å²) in [5.74, 6) is -2.00. The number of pyridine rings is 1. The minimum atomic E-state index is -4.58. The molecule has 4 rings (SSSR count). The van der Waals surface area contributed by atoms with Gasteiger partial charge in [0.05, 0.1) is 5.52 Å². The topological polar surface area (TPSA) is 102 Å². The number of alkyl halides is 3. The molecule has 1 aromatic carbocycles. The number of benzene rings is 1. The Hall–Kier alpha value is -2.18. The van der Waals surface area contributed by atoms with E-state index in [0.29, 0.717) is 48.2 Å². The van der Waals surface area contributed by atoms with Gasteiger partial charge < -0.3 is 30.0 Å². The third-order valence-electron chi connectivity index (χ3n) is 7.24. The van der Waals surface area contributed by atoms with E-state index in [1.54, 1.807) is 6.07 Å². The first-order valence-corrected chi connectivity index (χ1v) is 13.5. The predicted octanol–water partition coefficient (Wildman–Crippen LogP) is 5.26. The van der Waals surface area contributed by atoms with Gasteiger partial charge >= 0.3 is 6.18 Å². The smallest absolute Gasteiger partial charge is 0.382 e. The van der Waals surface area contributed by atoms with E-state index in [2.05, 4.69) is 15.6 Å². The van der Waals surface area contributed by atoms with Crippen molar-refractivity contribution in [2.24, 2.45) is 5.92 Å². The maximum Gasteiger partial charge on any atom is 0.433 e. The van der Waals surface area contributed by atoms with E-state index < -0.39 is 36.2 Å². The SMILES string of the molecule is CC[C@H]1[C@@H](OC(C)(C)O)[C@H](OC)O[C@@H]1C(=O)N[C@H]1CC[C@@H](Nc2cc(C(F)(F)F)nc3ccc(Cl)cc23)CC1. The maximum absolute atomic E-state index is 13.5. The number of methoxy groups -OCH3 is 1. The molecular formula is C27H35ClF3N3O5. The second kappa shape index (κ2) is 11.7. The molecule has 1 aliphatic carbocycles. The van der Waals surface area contributed by atoms with Gasteiger partial charge in [0.1, 0.15) is 17.9 Å². The van der Waals surface area contributed by atoms with Crippen molar-refractivity contribution in [1.82, 2.24) is 10.3 Å². The fourth-order valence-electron chi connectivity index (χ4n) is 5.41. The summed E-state index contributed by atoms with van der Waals surface area (Å²) in [6.45, 7) is 4.95. The molecule has 2 aromatic rings. The molecule has 0 spiro atoms. The average Bonchev–Trinajstić information content (AvgIpc) is 3.20. The minimum absolute atomic E-state index is 0.0858. The Kier molecular flexibility index (Phi) is 8.97. The first-order chi connectivity index (χ1) is 18.3. The largest absolute Gasteiger partial charge is 0.433 e. The molecule has 12 heteroatoms. The highest BCUT2D eigenvalue weighted by atomic mass is 35.5. The summed E-state index contributed by atoms with van der Waals surface area (Å²) in [6.07, 6.45) is -3.63. The number of nitrogens with zero attached hydrogens (tertiary/aromatic N) is 1. The zero-order valence-electron chi connectivity index (χ0n) is 22.3. The van der Waals surface area contributed by atoms with Gasteiger partial charge in [-0.1, -0.05) is 18.5 Å². The number of aromatic nitrogens is 1. The standard InChI is InChI=1S/C27H35ClF3N3O5/c1-5-17-22(38-25(37-4)23(17)39-26(2,3)36)24(35)33-16-9-7-15(8-10-16)32-20-13-21(27(29,30)31)34-19-11-6-14(28)12-18(19)20/h6,11-13,15-17,22-23,25,36H,5,7-10H2,1-4H3,(H,32,34)(H,33,35)/t15-,16+,17-,22+,23-,25-/m1/s1. The maximum atomic E-state index is 13.5. The lowest BCUT2D eigenvalue weighted by Gasteiger charge is -2.32. The van der Waals surface area contributed by atoms with Gasteiger partial charge in [0.2, 0.25) is 5.91 Å². The summed E-state index contributed by atoms with van der Waals surface area (Å²) in [6, 6.07) is 5.42. The van der Waals surface area contributed by atoms with Crippen LogP contribution in [-0.2, 0) is 25.2 Å². The lowest BCUT2D eigenvalue weighted by molar-refractivity contribution is -0.251. The van der Waals surface area contributed by atoms with Crippen molar-refractivity contribution < 1.29 is 37.3 Å². The van der Waals surface area contributed by atoms with Crippen molar-refractivity contribution in [2.45, 2.75) is 95.4 Å². The average molecular weight is 574 g/mol. The molecule has 0 radical (unpaired) electrons. The quantitative estimate of drug-likeness (QED) is 0.370. The van der Waals surface area contributed by atoms with Gasteiger partial charge in [0.15, 0.2) is 12.1 Å². The van der Waals surface area contributed by atoms with Crippen LogP contribution in [0.5, 0.6) is 0 Å². The zero-order chi connectivity index (χ0) is 28.5. The van der Waals surface area contributed by atoms with Crippen LogP contribution < -0.4 is 10.6 Å². The Labute approximate surface area is 230 Å². The van der Waals surface area contributed by atoms with E-state index in [1.807, 2.05) is 6.92 Å². The van der Waals surface area contributed by atoms with E-state index in [-0.39, 0.29) is 29.4 Å². The molecule has 2 heterocycles. The number of carbonyl (C=O) groups excluding carboxylic acids is 1. The second-order valence-corrected chi connectivity index (χ2v) is 11.1. The molecule has 2 aliphatic rings. The van der Waals surface area contributed by atoms with Gasteiger partial charge in [0, 0.05) is 41.2 Å². The number of ether oxygens (including phenoxy) is 3. The van der Waals surface area contributed by atoms with Crippen molar-refractivity contribution in [3.8, 4) is 0 Å². The normalized spacial score (nSPS) is 28.0. The van der Waals surface area contributed by atoms with Crippen LogP contribution in [0.1, 0.15) is 58.6 Å². The highest BCUT2D eigenvalue weighted by Crippen LogP contribution is 2.37. The van der Waals surface area contributed by atoms with Crippen LogP contribution in [0.3, 0.4) is 0 Å². The summed E-state index contributed by atoms with van der Waals surface area (Å²) in [4.78, 5) is 16.9. The Morgan fingerprint density at radius 3 is 2.44 bits per heavy atom. The van der Waals surface area contributed by atoms with Crippen molar-refractivity contribution in [1.29, 1.82) is 0 Å². The summed E-state index contributed by atoms with van der Waals surface area (Å²) in [5, 5.41) is 17.4. The Morgan fingerprint density at radius 2 is 1.85 bits per heavy atom. The van der Waals surface area contributed by atoms with Crippen LogP contribution in [0.25, 0.3) is 10.9 Å². The summed E-state index contributed by atoms with van der Waals surface area (Å²) in [7, 11) is 1.46. The number of amides is 1. The fraction of sp³-hybridized carbons (Fsp3) is 0.630. The predicted molar refractivity (Wildman–Crippen MR) is 140 cm³/mol. The third-order valence-corrected chi connectivity index (χ3v) is 7.48. The summed E-state index contributed by atoms with van der Waals surface area (Å²) >= 11 is 6.11. The molecule has 2 fully saturated rings. The number of aliphatic hydroxyl groups is 1. The van der Waals surface area contributed by atoms with Crippen molar-refractivity contribution in [3.05, 3.63) is 35.0 Å². The van der Waals surface area contributed by atoms with Gasteiger partial charge in [-0.05, 0) is 70.2 Å². The van der Waals surface area contributed by atoms with E-state index in [1.165, 1.54) is 33.1 Å². The number of hydrogen-bond donors (Lipinski definition) is 3. The number of rotatable bonds is 8. The summed E-state index contributed by atoms with van der Waals surface area (Å²) in [5.41, 5.74) is -0.430. The van der Waals surface area contributed by atoms with Gasteiger partial charge in [-0.15, -0.1) is 0 Å². The number of hydrogen-bond acceptors (Lipinski definition) is 7. The molecule has 1 aliphatic heterocycles. The first kappa shape index (κ1) is 29.8. The molecule has 0 unspecified atom stereocenters. The fourth-order valence-corrected chi connectivity index (χ4v) is 5.59. The molecule has 3 N–H and O–H groups in total. The minimum Gasteiger partial charge on any atom is -0.382 e. The van der Waals surface area contributed by atoms with Crippen LogP contribution in [0, 0.1) is 5.92 Å². The number of fused-ring (bicyclic) bond motifs is 1. The Bertz CT molecular complexity index is 1170. The monoisotopic (exact) mass is 573 g/mol. The highest BCUT2D eigenvalue weighted by molar-refractivity contribution is 6.31. The van der Waals surface area contributed by atoms with Crippen LogP contribution in [0.4, 0.5) is 18.9 Å². The highest BCUT2D eigenvalue weighted by Gasteiger charge is 2.50. The van der Waals surface area contributed by atoms with Crippen molar-refractivity contribution in [3.63, 3.8) is 0 Å². The zero-order valence-corrected chi connectivity index (χ0v) is 23.1. The van der Waals surface area contributed by atoms with E-state index in [4.69, 9.17) is 25.8 Å². The number of nitrogens with one attached hydrogen (secondary N) is 2. The molecule has 1 amide bonds. The van der Waals surface area contributed by atoms with E-state index in [9.17, 15) is 23.1 Å². The molecule has 39 heavy (non-hydrogen) atoms. The third kappa shape index (κ3) is 7.13. The number of anilines is 1. The first-order valence-electron chi connectivity index (χ1n) is 13.1. The van der Waals surface area contributed by atoms with Crippen LogP contribution in [0.15, 0.2) is 24.3 Å². The van der Waals surface area contributed by atoms with Crippen LogP contribution in [-0.4, -0.2) is 59.5 Å². The Balaban J connectivity index is 1.39. The number of carbonyl (C=O) groups is 1. The van der Waals surface area contributed by atoms with Crippen LogP contribution >= 0.6 is 11.6 Å². The van der Waals surface area contributed by atoms with Crippen LogP contribution in [0.2, 0.25) is 5.02 Å². The molecule has 4 atom stereocenters. The van der Waals surface area contributed by atoms with Gasteiger partial charge in [-0.2, -0.15) is 13.2 Å². The lowest BCUT2D eigenvalue weighted by Crippen LogP contribution is -2.47. The second-order valence-electron chi connectivity index (χ2n) is 10.7.